The number of carbonyl (C=O) groups is 1. The van der Waals surface area contributed by atoms with Crippen LogP contribution in [0.15, 0.2) is 23.1 Å². The number of hydrogen-bond donors (Lipinski definition) is 2. The van der Waals surface area contributed by atoms with Crippen LogP contribution in [0.5, 0.6) is 11.5 Å². The van der Waals surface area contributed by atoms with E-state index in [0.29, 0.717) is 6.07 Å². The Bertz CT molecular complexity index is 482. The standard InChI is InChI=1S/C6H6O5S.C2H4O2.2K/c7-4-1-2-5(8)6(3-4)12(9,10)11;1-2(3)4;;/h1-3,7-8H,(H,9,10,11);1H3,(H,3,4);;/q;;2*+1/p-2. The summed E-state index contributed by atoms with van der Waals surface area (Å²) in [4.78, 5) is 8.07. The third kappa shape index (κ3) is 11.3. The predicted octanol–water partition coefficient (Wildman–Crippen LogP) is -7.23. The molecule has 0 unspecified atom stereocenters. The number of carboxylic acid groups (broad SMARTS) is 1. The van der Waals surface area contributed by atoms with Gasteiger partial charge in [-0.25, -0.2) is 8.42 Å². The Hall–Kier alpha value is 1.47. The summed E-state index contributed by atoms with van der Waals surface area (Å²) in [6.45, 7) is 0.972. The normalized spacial score (nSPS) is 9.00. The molecule has 18 heavy (non-hydrogen) atoms. The average Bonchev–Trinajstić information content (AvgIpc) is 2.06. The Balaban J connectivity index is -0.000000332. The van der Waals surface area contributed by atoms with Crippen LogP contribution in [0.4, 0.5) is 0 Å². The van der Waals surface area contributed by atoms with Crippen molar-refractivity contribution < 1.29 is 136 Å². The average molecular weight is 326 g/mol. The van der Waals surface area contributed by atoms with Crippen molar-refractivity contribution in [2.24, 2.45) is 0 Å². The van der Waals surface area contributed by atoms with Crippen molar-refractivity contribution >= 4 is 16.1 Å². The molecular formula is C8H8K2O7S. The molecule has 0 spiro atoms. The fraction of sp³-hybridized carbons (Fsp3) is 0.125. The molecule has 90 valence electrons. The van der Waals surface area contributed by atoms with Gasteiger partial charge in [0, 0.05) is 12.0 Å². The summed E-state index contributed by atoms with van der Waals surface area (Å²) >= 11 is 0. The second-order valence-corrected chi connectivity index (χ2v) is 3.95. The van der Waals surface area contributed by atoms with Gasteiger partial charge < -0.3 is 24.7 Å². The molecule has 10 heteroatoms. The van der Waals surface area contributed by atoms with Crippen LogP contribution in [0.2, 0.25) is 0 Å². The van der Waals surface area contributed by atoms with Gasteiger partial charge in [0.15, 0.2) is 0 Å². The Labute approximate surface area is 189 Å². The molecule has 1 aromatic carbocycles. The Morgan fingerprint density at radius 1 is 1.22 bits per heavy atom. The largest absolute Gasteiger partial charge is 1.00 e. The van der Waals surface area contributed by atoms with E-state index in [-0.39, 0.29) is 109 Å². The monoisotopic (exact) mass is 326 g/mol. The second kappa shape index (κ2) is 11.2. The predicted molar refractivity (Wildman–Crippen MR) is 48.4 cm³/mol. The molecule has 0 aliphatic heterocycles. The van der Waals surface area contributed by atoms with Crippen molar-refractivity contribution in [2.75, 3.05) is 0 Å². The van der Waals surface area contributed by atoms with E-state index in [2.05, 4.69) is 0 Å². The van der Waals surface area contributed by atoms with Crippen LogP contribution in [0.3, 0.4) is 0 Å². The summed E-state index contributed by atoms with van der Waals surface area (Å²) in [6.07, 6.45) is 0. The summed E-state index contributed by atoms with van der Waals surface area (Å²) < 4.78 is 31.1. The van der Waals surface area contributed by atoms with Gasteiger partial charge in [0.2, 0.25) is 0 Å². The van der Waals surface area contributed by atoms with Crippen molar-refractivity contribution in [3.8, 4) is 11.5 Å². The van der Waals surface area contributed by atoms with Gasteiger partial charge in [-0.15, -0.1) is 0 Å². The first-order chi connectivity index (χ1) is 7.14. The molecule has 0 aliphatic carbocycles. The van der Waals surface area contributed by atoms with Gasteiger partial charge in [-0.05, 0) is 19.1 Å². The number of hydrogen-bond acceptors (Lipinski definition) is 7. The number of aliphatic carboxylic acids is 1. The Morgan fingerprint density at radius 3 is 1.89 bits per heavy atom. The van der Waals surface area contributed by atoms with Gasteiger partial charge in [-0.1, -0.05) is 0 Å². The van der Waals surface area contributed by atoms with E-state index < -0.39 is 26.7 Å². The van der Waals surface area contributed by atoms with Gasteiger partial charge in [0.05, 0.1) is 4.90 Å². The molecule has 1 rings (SSSR count). The van der Waals surface area contributed by atoms with Crippen LogP contribution in [0.1, 0.15) is 6.92 Å². The van der Waals surface area contributed by atoms with Crippen LogP contribution in [-0.4, -0.2) is 29.2 Å². The summed E-state index contributed by atoms with van der Waals surface area (Å²) in [6, 6.07) is 2.70. The molecule has 0 aromatic heterocycles. The molecule has 0 heterocycles. The van der Waals surface area contributed by atoms with Crippen LogP contribution in [0, 0.1) is 0 Å². The molecule has 2 N–H and O–H groups in total. The van der Waals surface area contributed by atoms with E-state index in [1.165, 1.54) is 0 Å². The first-order valence-electron chi connectivity index (χ1n) is 3.80. The second-order valence-electron chi connectivity index (χ2n) is 2.60. The van der Waals surface area contributed by atoms with Crippen LogP contribution >= 0.6 is 0 Å². The molecule has 0 saturated heterocycles. The van der Waals surface area contributed by atoms with Crippen LogP contribution < -0.4 is 108 Å². The van der Waals surface area contributed by atoms with E-state index in [9.17, 15) is 13.0 Å². The smallest absolute Gasteiger partial charge is 0.744 e. The van der Waals surface area contributed by atoms with Crippen molar-refractivity contribution in [1.82, 2.24) is 0 Å². The third-order valence-corrected chi connectivity index (χ3v) is 2.08. The van der Waals surface area contributed by atoms with Crippen molar-refractivity contribution in [1.29, 1.82) is 0 Å². The minimum Gasteiger partial charge on any atom is -0.744 e. The first-order valence-corrected chi connectivity index (χ1v) is 5.21. The summed E-state index contributed by atoms with van der Waals surface area (Å²) in [5.41, 5.74) is 0. The van der Waals surface area contributed by atoms with E-state index in [1.807, 2.05) is 0 Å². The molecule has 0 fully saturated rings. The molecule has 0 bridgehead atoms. The number of benzene rings is 1. The fourth-order valence-corrected chi connectivity index (χ4v) is 1.29. The fourth-order valence-electron chi connectivity index (χ4n) is 0.703. The molecule has 0 saturated carbocycles. The third-order valence-electron chi connectivity index (χ3n) is 1.21. The van der Waals surface area contributed by atoms with Crippen molar-refractivity contribution in [3.63, 3.8) is 0 Å². The number of phenols is 2. The maximum absolute atomic E-state index is 10.4. The van der Waals surface area contributed by atoms with Crippen molar-refractivity contribution in [2.45, 2.75) is 11.8 Å². The minimum absolute atomic E-state index is 0. The maximum Gasteiger partial charge on any atom is 1.00 e. The minimum atomic E-state index is -4.72. The van der Waals surface area contributed by atoms with Crippen molar-refractivity contribution in [3.05, 3.63) is 18.2 Å². The summed E-state index contributed by atoms with van der Waals surface area (Å²) in [5.74, 6) is -2.13. The molecule has 0 amide bonds. The number of aromatic hydroxyl groups is 2. The summed E-state index contributed by atoms with van der Waals surface area (Å²) in [7, 11) is -4.72. The van der Waals surface area contributed by atoms with Gasteiger partial charge in [0.25, 0.3) is 0 Å². The molecular weight excluding hydrogens is 318 g/mol. The van der Waals surface area contributed by atoms with Crippen LogP contribution in [0.25, 0.3) is 0 Å². The summed E-state index contributed by atoms with van der Waals surface area (Å²) in [5, 5.41) is 26.6. The van der Waals surface area contributed by atoms with Crippen LogP contribution in [-0.2, 0) is 14.9 Å². The molecule has 7 nitrogen and oxygen atoms in total. The van der Waals surface area contributed by atoms with Gasteiger partial charge in [0.1, 0.15) is 21.6 Å². The number of carbonyl (C=O) groups excluding carboxylic acids is 1. The number of carboxylic acids is 1. The molecule has 1 aromatic rings. The zero-order valence-corrected chi connectivity index (χ0v) is 17.1. The van der Waals surface area contributed by atoms with E-state index in [4.69, 9.17) is 20.1 Å². The molecule has 0 aliphatic rings. The van der Waals surface area contributed by atoms with Gasteiger partial charge in [-0.3, -0.25) is 0 Å². The number of rotatable bonds is 1. The van der Waals surface area contributed by atoms with Gasteiger partial charge >= 0.3 is 103 Å². The zero-order valence-electron chi connectivity index (χ0n) is 10.1. The SMILES string of the molecule is CC(=O)[O-].O=S(=O)([O-])c1cc(O)ccc1O.[K+].[K+]. The maximum atomic E-state index is 10.4. The zero-order chi connectivity index (χ0) is 12.9. The number of phenolic OH excluding ortho intramolecular Hbond substituents is 2. The molecule has 0 atom stereocenters. The van der Waals surface area contributed by atoms with E-state index in [1.54, 1.807) is 0 Å². The van der Waals surface area contributed by atoms with E-state index >= 15 is 0 Å². The Kier molecular flexibility index (Phi) is 15.2. The first kappa shape index (κ1) is 24.5. The van der Waals surface area contributed by atoms with Gasteiger partial charge in [-0.2, -0.15) is 0 Å². The molecule has 0 radical (unpaired) electrons. The Morgan fingerprint density at radius 2 is 1.61 bits per heavy atom. The topological polar surface area (TPSA) is 138 Å². The quantitative estimate of drug-likeness (QED) is 0.297. The van der Waals surface area contributed by atoms with E-state index in [0.717, 1.165) is 19.1 Å².